The molecule has 4 rings (SSSR count). The minimum absolute atomic E-state index is 0.0374. The molecule has 3 aromatic rings. The van der Waals surface area contributed by atoms with Gasteiger partial charge in [0.15, 0.2) is 0 Å². The fourth-order valence-electron chi connectivity index (χ4n) is 3.76. The van der Waals surface area contributed by atoms with Gasteiger partial charge in [-0.3, -0.25) is 14.3 Å². The maximum atomic E-state index is 13.1. The highest BCUT2D eigenvalue weighted by atomic mass is 16.4. The number of hydrogen-bond donors (Lipinski definition) is 1. The molecule has 1 unspecified atom stereocenters. The number of hydrogen-bond acceptors (Lipinski definition) is 4. The molecule has 7 nitrogen and oxygen atoms in total. The number of aryl methyl sites for hydroxylation is 1. The smallest absolute Gasteiger partial charge is 0.325 e. The van der Waals surface area contributed by atoms with Gasteiger partial charge in [0.1, 0.15) is 17.9 Å². The van der Waals surface area contributed by atoms with E-state index in [1.165, 1.54) is 4.68 Å². The molecule has 0 bridgehead atoms. The summed E-state index contributed by atoms with van der Waals surface area (Å²) in [5.41, 5.74) is 2.05. The quantitative estimate of drug-likeness (QED) is 0.766. The number of nitrogens with zero attached hydrogens (tertiary/aromatic N) is 3. The third-order valence-electron chi connectivity index (χ3n) is 4.98. The fraction of sp³-hybridized carbons (Fsp3) is 0.350. The minimum Gasteiger partial charge on any atom is -0.480 e. The molecule has 1 saturated heterocycles. The number of furan rings is 1. The Morgan fingerprint density at radius 1 is 1.33 bits per heavy atom. The summed E-state index contributed by atoms with van der Waals surface area (Å²) >= 11 is 0. The maximum absolute atomic E-state index is 13.1. The molecule has 1 aliphatic heterocycles. The molecular formula is C20H21N3O4. The minimum atomic E-state index is -0.924. The molecule has 1 aliphatic rings. The SMILES string of the molecule is Cc1cc2cccc(C(=O)N3CCCC(c4ccn(CC(=O)O)n4)C3)c2o1. The Morgan fingerprint density at radius 2 is 2.19 bits per heavy atom. The summed E-state index contributed by atoms with van der Waals surface area (Å²) in [5, 5.41) is 14.2. The summed E-state index contributed by atoms with van der Waals surface area (Å²) in [6.45, 7) is 2.98. The van der Waals surface area contributed by atoms with Gasteiger partial charge in [-0.25, -0.2) is 0 Å². The zero-order valence-electron chi connectivity index (χ0n) is 15.1. The van der Waals surface area contributed by atoms with Crippen LogP contribution in [0.3, 0.4) is 0 Å². The third-order valence-corrected chi connectivity index (χ3v) is 4.98. The molecule has 3 heterocycles. The Kier molecular flexibility index (Phi) is 4.43. The van der Waals surface area contributed by atoms with Crippen LogP contribution in [0, 0.1) is 6.92 Å². The van der Waals surface area contributed by atoms with E-state index in [1.807, 2.05) is 36.1 Å². The van der Waals surface area contributed by atoms with Gasteiger partial charge in [0.2, 0.25) is 0 Å². The number of aromatic nitrogens is 2. The molecule has 0 saturated carbocycles. The molecule has 1 amide bonds. The number of carboxylic acid groups (broad SMARTS) is 1. The van der Waals surface area contributed by atoms with Crippen molar-refractivity contribution >= 4 is 22.8 Å². The van der Waals surface area contributed by atoms with Crippen LogP contribution in [0.1, 0.15) is 40.6 Å². The summed E-state index contributed by atoms with van der Waals surface area (Å²) < 4.78 is 7.17. The van der Waals surface area contributed by atoms with Crippen molar-refractivity contribution in [3.63, 3.8) is 0 Å². The van der Waals surface area contributed by atoms with E-state index in [4.69, 9.17) is 9.52 Å². The lowest BCUT2D eigenvalue weighted by molar-refractivity contribution is -0.137. The number of aliphatic carboxylic acids is 1. The summed E-state index contributed by atoms with van der Waals surface area (Å²) in [5.74, 6) is -0.0717. The highest BCUT2D eigenvalue weighted by molar-refractivity contribution is 6.05. The van der Waals surface area contributed by atoms with Crippen LogP contribution in [0.25, 0.3) is 11.0 Å². The first kappa shape index (κ1) is 17.3. The van der Waals surface area contributed by atoms with Crippen molar-refractivity contribution in [2.75, 3.05) is 13.1 Å². The van der Waals surface area contributed by atoms with E-state index in [0.717, 1.165) is 29.7 Å². The summed E-state index contributed by atoms with van der Waals surface area (Å²) in [7, 11) is 0. The molecule has 1 atom stereocenters. The number of carbonyl (C=O) groups is 2. The number of fused-ring (bicyclic) bond motifs is 1. The number of benzene rings is 1. The highest BCUT2D eigenvalue weighted by Crippen LogP contribution is 2.29. The average Bonchev–Trinajstić information content (AvgIpc) is 3.26. The summed E-state index contributed by atoms with van der Waals surface area (Å²) in [6, 6.07) is 9.40. The Balaban J connectivity index is 1.54. The van der Waals surface area contributed by atoms with E-state index in [9.17, 15) is 9.59 Å². The lowest BCUT2D eigenvalue weighted by Crippen LogP contribution is -2.39. The van der Waals surface area contributed by atoms with E-state index < -0.39 is 5.97 Å². The average molecular weight is 367 g/mol. The van der Waals surface area contributed by atoms with Gasteiger partial charge in [-0.1, -0.05) is 12.1 Å². The van der Waals surface area contributed by atoms with Crippen molar-refractivity contribution in [3.8, 4) is 0 Å². The second-order valence-electron chi connectivity index (χ2n) is 7.00. The van der Waals surface area contributed by atoms with Crippen molar-refractivity contribution in [2.24, 2.45) is 0 Å². The van der Waals surface area contributed by atoms with Gasteiger partial charge in [-0.05, 0) is 38.0 Å². The molecule has 1 N–H and O–H groups in total. The topological polar surface area (TPSA) is 88.6 Å². The van der Waals surface area contributed by atoms with E-state index >= 15 is 0 Å². The third kappa shape index (κ3) is 3.45. The standard InChI is InChI=1S/C20H21N3O4/c1-13-10-14-4-2-6-16(19(14)27-13)20(26)22-8-3-5-15(11-22)17-7-9-23(21-17)12-18(24)25/h2,4,6-7,9-10,15H,3,5,8,11-12H2,1H3,(H,24,25). The van der Waals surface area contributed by atoms with Gasteiger partial charge in [-0.2, -0.15) is 5.10 Å². The Morgan fingerprint density at radius 3 is 3.00 bits per heavy atom. The summed E-state index contributed by atoms with van der Waals surface area (Å²) in [6.07, 6.45) is 3.49. The molecule has 0 aliphatic carbocycles. The van der Waals surface area contributed by atoms with Gasteiger partial charge < -0.3 is 14.4 Å². The van der Waals surface area contributed by atoms with Crippen LogP contribution in [0.4, 0.5) is 0 Å². The Labute approximate surface area is 156 Å². The molecule has 7 heteroatoms. The van der Waals surface area contributed by atoms with Gasteiger partial charge in [0.05, 0.1) is 11.3 Å². The molecule has 140 valence electrons. The normalized spacial score (nSPS) is 17.4. The first-order chi connectivity index (χ1) is 13.0. The van der Waals surface area contributed by atoms with Crippen LogP contribution in [0.5, 0.6) is 0 Å². The van der Waals surface area contributed by atoms with E-state index in [1.54, 1.807) is 12.3 Å². The van der Waals surface area contributed by atoms with Gasteiger partial charge >= 0.3 is 5.97 Å². The van der Waals surface area contributed by atoms with Crippen LogP contribution < -0.4 is 0 Å². The molecule has 2 aromatic heterocycles. The van der Waals surface area contributed by atoms with Crippen molar-refractivity contribution in [1.82, 2.24) is 14.7 Å². The molecule has 1 fully saturated rings. The summed E-state index contributed by atoms with van der Waals surface area (Å²) in [4.78, 5) is 25.8. The predicted molar refractivity (Wildman–Crippen MR) is 98.7 cm³/mol. The van der Waals surface area contributed by atoms with Gasteiger partial charge in [0, 0.05) is 30.6 Å². The van der Waals surface area contributed by atoms with Gasteiger partial charge in [-0.15, -0.1) is 0 Å². The number of para-hydroxylation sites is 1. The number of rotatable bonds is 4. The second-order valence-corrected chi connectivity index (χ2v) is 7.00. The molecule has 27 heavy (non-hydrogen) atoms. The number of carbonyl (C=O) groups excluding carboxylic acids is 1. The van der Waals surface area contributed by atoms with Gasteiger partial charge in [0.25, 0.3) is 5.91 Å². The van der Waals surface area contributed by atoms with E-state index in [2.05, 4.69) is 5.10 Å². The maximum Gasteiger partial charge on any atom is 0.325 e. The Hall–Kier alpha value is -3.09. The van der Waals surface area contributed by atoms with Crippen molar-refractivity contribution in [3.05, 3.63) is 53.5 Å². The highest BCUT2D eigenvalue weighted by Gasteiger charge is 2.28. The lowest BCUT2D eigenvalue weighted by Gasteiger charge is -2.32. The van der Waals surface area contributed by atoms with Crippen molar-refractivity contribution in [2.45, 2.75) is 32.2 Å². The van der Waals surface area contributed by atoms with Crippen LogP contribution >= 0.6 is 0 Å². The predicted octanol–water partition coefficient (Wildman–Crippen LogP) is 3.04. The Bertz CT molecular complexity index is 1000. The van der Waals surface area contributed by atoms with E-state index in [-0.39, 0.29) is 18.4 Å². The molecule has 1 aromatic carbocycles. The monoisotopic (exact) mass is 367 g/mol. The molecule has 0 spiro atoms. The first-order valence-electron chi connectivity index (χ1n) is 9.05. The van der Waals surface area contributed by atoms with Crippen molar-refractivity contribution in [1.29, 1.82) is 0 Å². The van der Waals surface area contributed by atoms with Crippen LogP contribution in [-0.4, -0.2) is 44.8 Å². The van der Waals surface area contributed by atoms with Crippen LogP contribution in [0.15, 0.2) is 40.9 Å². The fourth-order valence-corrected chi connectivity index (χ4v) is 3.76. The first-order valence-corrected chi connectivity index (χ1v) is 9.05. The zero-order chi connectivity index (χ0) is 19.0. The largest absolute Gasteiger partial charge is 0.480 e. The number of likely N-dealkylation sites (tertiary alicyclic amines) is 1. The number of carboxylic acids is 1. The zero-order valence-corrected chi connectivity index (χ0v) is 15.1. The number of piperidine rings is 1. The molecular weight excluding hydrogens is 346 g/mol. The van der Waals surface area contributed by atoms with Crippen molar-refractivity contribution < 1.29 is 19.1 Å². The van der Waals surface area contributed by atoms with Crippen LogP contribution in [-0.2, 0) is 11.3 Å². The lowest BCUT2D eigenvalue weighted by atomic mass is 9.94. The van der Waals surface area contributed by atoms with E-state index in [0.29, 0.717) is 24.2 Å². The van der Waals surface area contributed by atoms with Crippen LogP contribution in [0.2, 0.25) is 0 Å². The molecule has 0 radical (unpaired) electrons. The number of amides is 1. The second kappa shape index (κ2) is 6.90.